The van der Waals surface area contributed by atoms with Crippen LogP contribution >= 0.6 is 0 Å². The van der Waals surface area contributed by atoms with Gasteiger partial charge in [0.2, 0.25) is 0 Å². The number of nitrogens with one attached hydrogen (secondary N) is 1. The molecule has 0 saturated heterocycles. The summed E-state index contributed by atoms with van der Waals surface area (Å²) >= 11 is 0. The number of hydrogen-bond acceptors (Lipinski definition) is 5. The Hall–Kier alpha value is -1.11. The van der Waals surface area contributed by atoms with Crippen molar-refractivity contribution in [1.29, 1.82) is 0 Å². The first-order chi connectivity index (χ1) is 9.72. The lowest BCUT2D eigenvalue weighted by atomic mass is 9.65. The second-order valence-electron chi connectivity index (χ2n) is 6.69. The number of carbonyl (C=O) groups is 1. The molecule has 0 heterocycles. The van der Waals surface area contributed by atoms with E-state index in [1.165, 1.54) is 6.08 Å². The Labute approximate surface area is 125 Å². The Bertz CT molecular complexity index is 366. The number of ether oxygens (including phenoxy) is 1. The Morgan fingerprint density at radius 2 is 2.00 bits per heavy atom. The Kier molecular flexibility index (Phi) is 6.19. The van der Waals surface area contributed by atoms with Gasteiger partial charge in [-0.25, -0.2) is 4.79 Å². The van der Waals surface area contributed by atoms with E-state index in [2.05, 4.69) is 11.9 Å². The molecule has 0 aromatic heterocycles. The second kappa shape index (κ2) is 7.24. The zero-order valence-electron chi connectivity index (χ0n) is 13.0. The first-order valence-corrected chi connectivity index (χ1v) is 7.23. The van der Waals surface area contributed by atoms with Gasteiger partial charge >= 0.3 is 6.09 Å². The van der Waals surface area contributed by atoms with Crippen molar-refractivity contribution in [2.24, 2.45) is 17.3 Å². The third kappa shape index (κ3) is 4.43. The third-order valence-corrected chi connectivity index (χ3v) is 4.15. The minimum absolute atomic E-state index is 0.0525. The van der Waals surface area contributed by atoms with Crippen LogP contribution in [-0.4, -0.2) is 52.9 Å². The number of amides is 1. The zero-order valence-corrected chi connectivity index (χ0v) is 13.0. The fraction of sp³-hybridized carbons (Fsp3) is 0.800. The summed E-state index contributed by atoms with van der Waals surface area (Å²) in [6, 6.07) is -0.863. The summed E-state index contributed by atoms with van der Waals surface area (Å²) in [5, 5.41) is 32.7. The summed E-state index contributed by atoms with van der Waals surface area (Å²) in [5.74, 6) is -0.537. The molecule has 1 rings (SSSR count). The summed E-state index contributed by atoms with van der Waals surface area (Å²) in [6.07, 6.45) is -0.701. The van der Waals surface area contributed by atoms with E-state index in [-0.39, 0.29) is 30.5 Å². The van der Waals surface area contributed by atoms with Gasteiger partial charge in [-0.3, -0.25) is 0 Å². The number of aliphatic hydroxyl groups excluding tert-OH is 3. The number of rotatable bonds is 4. The molecule has 21 heavy (non-hydrogen) atoms. The van der Waals surface area contributed by atoms with Gasteiger partial charge in [-0.05, 0) is 17.8 Å². The number of hydrogen-bond donors (Lipinski definition) is 4. The SMILES string of the molecule is C=CCOC(=O)N[C@@H]1C(O)[C@H](C(C)(C)C)CC(CO)[C@H]1O. The Morgan fingerprint density at radius 1 is 1.38 bits per heavy atom. The van der Waals surface area contributed by atoms with Gasteiger partial charge in [0, 0.05) is 12.5 Å². The molecule has 1 aliphatic carbocycles. The normalized spacial score (nSPS) is 33.3. The third-order valence-electron chi connectivity index (χ3n) is 4.15. The molecular formula is C15H27NO5. The molecule has 6 nitrogen and oxygen atoms in total. The highest BCUT2D eigenvalue weighted by Crippen LogP contribution is 2.40. The summed E-state index contributed by atoms with van der Waals surface area (Å²) in [6.45, 7) is 9.26. The average Bonchev–Trinajstić information content (AvgIpc) is 2.40. The van der Waals surface area contributed by atoms with E-state index in [0.29, 0.717) is 6.42 Å². The fourth-order valence-corrected chi connectivity index (χ4v) is 2.88. The van der Waals surface area contributed by atoms with Gasteiger partial charge in [-0.15, -0.1) is 0 Å². The van der Waals surface area contributed by atoms with Crippen molar-refractivity contribution in [3.8, 4) is 0 Å². The molecule has 0 spiro atoms. The van der Waals surface area contributed by atoms with Gasteiger partial charge < -0.3 is 25.4 Å². The van der Waals surface area contributed by atoms with Crippen LogP contribution in [0.15, 0.2) is 12.7 Å². The number of aliphatic hydroxyl groups is 3. The molecule has 6 heteroatoms. The van der Waals surface area contributed by atoms with Crippen LogP contribution in [0.2, 0.25) is 0 Å². The van der Waals surface area contributed by atoms with Crippen molar-refractivity contribution in [2.45, 2.75) is 45.4 Å². The standard InChI is InChI=1S/C15H27NO5/c1-5-6-21-14(20)16-11-12(18)9(8-17)7-10(13(11)19)15(2,3)4/h5,9-13,17-19H,1,6-8H2,2-4H3,(H,16,20)/t9?,10-,11+,12-,13?/m1/s1. The minimum Gasteiger partial charge on any atom is -0.445 e. The molecule has 1 fully saturated rings. The van der Waals surface area contributed by atoms with Gasteiger partial charge in [-0.2, -0.15) is 0 Å². The predicted molar refractivity (Wildman–Crippen MR) is 78.6 cm³/mol. The molecular weight excluding hydrogens is 274 g/mol. The van der Waals surface area contributed by atoms with Crippen LogP contribution in [0.4, 0.5) is 4.79 Å². The zero-order chi connectivity index (χ0) is 16.2. The van der Waals surface area contributed by atoms with Crippen LogP contribution in [0.5, 0.6) is 0 Å². The topological polar surface area (TPSA) is 99.0 Å². The van der Waals surface area contributed by atoms with Crippen molar-refractivity contribution in [1.82, 2.24) is 5.32 Å². The highest BCUT2D eigenvalue weighted by atomic mass is 16.5. The van der Waals surface area contributed by atoms with Crippen LogP contribution in [-0.2, 0) is 4.74 Å². The number of alkyl carbamates (subject to hydrolysis) is 1. The van der Waals surface area contributed by atoms with Crippen LogP contribution in [0.3, 0.4) is 0 Å². The molecule has 2 unspecified atom stereocenters. The van der Waals surface area contributed by atoms with Crippen molar-refractivity contribution < 1.29 is 24.9 Å². The van der Waals surface area contributed by atoms with Gasteiger partial charge in [-0.1, -0.05) is 33.4 Å². The lowest BCUT2D eigenvalue weighted by Gasteiger charge is -2.47. The molecule has 1 aliphatic rings. The van der Waals surface area contributed by atoms with Gasteiger partial charge in [0.15, 0.2) is 0 Å². The molecule has 4 N–H and O–H groups in total. The lowest BCUT2D eigenvalue weighted by Crippen LogP contribution is -2.61. The maximum atomic E-state index is 11.6. The predicted octanol–water partition coefficient (Wildman–Crippen LogP) is 0.663. The van der Waals surface area contributed by atoms with Gasteiger partial charge in [0.05, 0.1) is 18.2 Å². The quantitative estimate of drug-likeness (QED) is 0.572. The van der Waals surface area contributed by atoms with E-state index in [0.717, 1.165) is 0 Å². The monoisotopic (exact) mass is 301 g/mol. The first-order valence-electron chi connectivity index (χ1n) is 7.23. The highest BCUT2D eigenvalue weighted by molar-refractivity contribution is 5.68. The molecule has 0 aromatic rings. The molecule has 122 valence electrons. The minimum atomic E-state index is -1.01. The van der Waals surface area contributed by atoms with E-state index < -0.39 is 24.3 Å². The average molecular weight is 301 g/mol. The van der Waals surface area contributed by atoms with Crippen molar-refractivity contribution >= 4 is 6.09 Å². The van der Waals surface area contributed by atoms with Crippen LogP contribution in [0.1, 0.15) is 27.2 Å². The Balaban J connectivity index is 2.86. The molecule has 0 aromatic carbocycles. The van der Waals surface area contributed by atoms with Crippen molar-refractivity contribution in [3.63, 3.8) is 0 Å². The first kappa shape index (κ1) is 17.9. The van der Waals surface area contributed by atoms with Gasteiger partial charge in [0.1, 0.15) is 6.61 Å². The molecule has 1 saturated carbocycles. The van der Waals surface area contributed by atoms with Crippen LogP contribution in [0, 0.1) is 17.3 Å². The maximum absolute atomic E-state index is 11.6. The van der Waals surface area contributed by atoms with Crippen molar-refractivity contribution in [3.05, 3.63) is 12.7 Å². The summed E-state index contributed by atoms with van der Waals surface area (Å²) in [5.41, 5.74) is -0.210. The summed E-state index contributed by atoms with van der Waals surface area (Å²) < 4.78 is 4.83. The smallest absolute Gasteiger partial charge is 0.407 e. The van der Waals surface area contributed by atoms with Gasteiger partial charge in [0.25, 0.3) is 0 Å². The van der Waals surface area contributed by atoms with E-state index >= 15 is 0 Å². The van der Waals surface area contributed by atoms with Crippen LogP contribution < -0.4 is 5.32 Å². The maximum Gasteiger partial charge on any atom is 0.407 e. The largest absolute Gasteiger partial charge is 0.445 e. The van der Waals surface area contributed by atoms with E-state index in [1.807, 2.05) is 20.8 Å². The molecule has 0 aliphatic heterocycles. The molecule has 0 bridgehead atoms. The highest BCUT2D eigenvalue weighted by Gasteiger charge is 2.47. The van der Waals surface area contributed by atoms with E-state index in [4.69, 9.17) is 4.74 Å². The van der Waals surface area contributed by atoms with E-state index in [9.17, 15) is 20.1 Å². The number of carbonyl (C=O) groups excluding carboxylic acids is 1. The summed E-state index contributed by atoms with van der Waals surface area (Å²) in [4.78, 5) is 11.6. The second-order valence-corrected chi connectivity index (χ2v) is 6.69. The summed E-state index contributed by atoms with van der Waals surface area (Å²) in [7, 11) is 0. The van der Waals surface area contributed by atoms with Crippen LogP contribution in [0.25, 0.3) is 0 Å². The van der Waals surface area contributed by atoms with E-state index in [1.54, 1.807) is 0 Å². The van der Waals surface area contributed by atoms with Crippen molar-refractivity contribution in [2.75, 3.05) is 13.2 Å². The molecule has 1 amide bonds. The fourth-order valence-electron chi connectivity index (χ4n) is 2.88. The molecule has 5 atom stereocenters. The molecule has 0 radical (unpaired) electrons. The lowest BCUT2D eigenvalue weighted by molar-refractivity contribution is -0.102. The Morgan fingerprint density at radius 3 is 2.48 bits per heavy atom.